The van der Waals surface area contributed by atoms with E-state index in [2.05, 4.69) is 15.3 Å². The number of nitrogens with one attached hydrogen (secondary N) is 2. The van der Waals surface area contributed by atoms with Gasteiger partial charge in [0, 0.05) is 34.9 Å². The molecule has 192 valence electrons. The molecule has 0 bridgehead atoms. The highest BCUT2D eigenvalue weighted by molar-refractivity contribution is 6.30. The molecule has 0 radical (unpaired) electrons. The predicted octanol–water partition coefficient (Wildman–Crippen LogP) is 7.08. The van der Waals surface area contributed by atoms with E-state index in [4.69, 9.17) is 11.6 Å². The lowest BCUT2D eigenvalue weighted by Crippen LogP contribution is -2.32. The van der Waals surface area contributed by atoms with E-state index in [1.165, 1.54) is 42.6 Å². The van der Waals surface area contributed by atoms with Crippen LogP contribution in [0.1, 0.15) is 22.9 Å². The van der Waals surface area contributed by atoms with Gasteiger partial charge in [0.2, 0.25) is 5.91 Å². The van der Waals surface area contributed by atoms with Crippen LogP contribution in [0.3, 0.4) is 0 Å². The Morgan fingerprint density at radius 3 is 2.50 bits per heavy atom. The van der Waals surface area contributed by atoms with Crippen molar-refractivity contribution in [2.75, 3.05) is 0 Å². The summed E-state index contributed by atoms with van der Waals surface area (Å²) in [5.41, 5.74) is 2.90. The van der Waals surface area contributed by atoms with Crippen LogP contribution in [0.2, 0.25) is 5.02 Å². The Morgan fingerprint density at radius 2 is 1.74 bits per heavy atom. The SMILES string of the molecule is O=C(Cc1c[nH]c2ccc(F)cc12)NC(Cc1cc(F)cc(F)c1)c1ncccc1-c1ccc(Cl)c(F)c1. The summed E-state index contributed by atoms with van der Waals surface area (Å²) in [4.78, 5) is 20.7. The third-order valence-electron chi connectivity index (χ3n) is 6.18. The van der Waals surface area contributed by atoms with Crippen LogP contribution in [0.15, 0.2) is 79.1 Å². The molecule has 1 unspecified atom stereocenters. The quantitative estimate of drug-likeness (QED) is 0.218. The van der Waals surface area contributed by atoms with Crippen molar-refractivity contribution in [3.63, 3.8) is 0 Å². The van der Waals surface area contributed by atoms with E-state index >= 15 is 0 Å². The molecule has 0 saturated heterocycles. The maximum atomic E-state index is 14.3. The molecule has 0 fully saturated rings. The minimum Gasteiger partial charge on any atom is -0.361 e. The number of benzene rings is 3. The molecular formula is C29H20ClF4N3O. The first-order chi connectivity index (χ1) is 18.3. The van der Waals surface area contributed by atoms with Gasteiger partial charge >= 0.3 is 0 Å². The van der Waals surface area contributed by atoms with Crippen LogP contribution in [-0.2, 0) is 17.6 Å². The molecule has 1 amide bonds. The minimum absolute atomic E-state index is 0.00299. The van der Waals surface area contributed by atoms with Gasteiger partial charge in [0.05, 0.1) is 23.2 Å². The molecule has 0 saturated carbocycles. The number of aromatic nitrogens is 2. The molecule has 5 rings (SSSR count). The average Bonchev–Trinajstić information content (AvgIpc) is 3.26. The van der Waals surface area contributed by atoms with Crippen LogP contribution >= 0.6 is 11.6 Å². The highest BCUT2D eigenvalue weighted by Gasteiger charge is 2.22. The van der Waals surface area contributed by atoms with E-state index in [0.717, 1.165) is 6.07 Å². The van der Waals surface area contributed by atoms with Crippen molar-refractivity contribution in [1.82, 2.24) is 15.3 Å². The second-order valence-electron chi connectivity index (χ2n) is 8.85. The lowest BCUT2D eigenvalue weighted by atomic mass is 9.95. The van der Waals surface area contributed by atoms with Crippen molar-refractivity contribution in [2.45, 2.75) is 18.9 Å². The lowest BCUT2D eigenvalue weighted by Gasteiger charge is -2.22. The van der Waals surface area contributed by atoms with Gasteiger partial charge < -0.3 is 10.3 Å². The number of aromatic amines is 1. The van der Waals surface area contributed by atoms with E-state index in [9.17, 15) is 22.4 Å². The summed E-state index contributed by atoms with van der Waals surface area (Å²) in [5, 5.41) is 3.42. The number of pyridine rings is 1. The number of amides is 1. The topological polar surface area (TPSA) is 57.8 Å². The minimum atomic E-state index is -0.833. The van der Waals surface area contributed by atoms with E-state index in [1.54, 1.807) is 30.5 Å². The molecule has 0 spiro atoms. The number of fused-ring (bicyclic) bond motifs is 1. The van der Waals surface area contributed by atoms with E-state index < -0.39 is 35.2 Å². The second kappa shape index (κ2) is 10.7. The Balaban J connectivity index is 1.51. The Hall–Kier alpha value is -4.17. The first-order valence-corrected chi connectivity index (χ1v) is 12.0. The molecule has 38 heavy (non-hydrogen) atoms. The van der Waals surface area contributed by atoms with Crippen molar-refractivity contribution in [1.29, 1.82) is 0 Å². The zero-order chi connectivity index (χ0) is 26.8. The van der Waals surface area contributed by atoms with Gasteiger partial charge in [0.25, 0.3) is 0 Å². The monoisotopic (exact) mass is 537 g/mol. The van der Waals surface area contributed by atoms with E-state index in [0.29, 0.717) is 38.9 Å². The fraction of sp³-hybridized carbons (Fsp3) is 0.103. The number of rotatable bonds is 7. The first kappa shape index (κ1) is 25.5. The lowest BCUT2D eigenvalue weighted by molar-refractivity contribution is -0.121. The van der Waals surface area contributed by atoms with Crippen LogP contribution < -0.4 is 5.32 Å². The van der Waals surface area contributed by atoms with Gasteiger partial charge in [-0.3, -0.25) is 9.78 Å². The number of halogens is 5. The molecule has 1 atom stereocenters. The van der Waals surface area contributed by atoms with E-state index in [-0.39, 0.29) is 17.9 Å². The summed E-state index contributed by atoms with van der Waals surface area (Å²) in [6.07, 6.45) is 3.06. The fourth-order valence-corrected chi connectivity index (χ4v) is 4.62. The van der Waals surface area contributed by atoms with Crippen molar-refractivity contribution in [3.05, 3.63) is 124 Å². The molecule has 9 heteroatoms. The Morgan fingerprint density at radius 1 is 0.947 bits per heavy atom. The van der Waals surface area contributed by atoms with Crippen LogP contribution in [0.4, 0.5) is 17.6 Å². The normalized spacial score (nSPS) is 12.0. The second-order valence-corrected chi connectivity index (χ2v) is 9.25. The maximum Gasteiger partial charge on any atom is 0.225 e. The van der Waals surface area contributed by atoms with Crippen molar-refractivity contribution >= 4 is 28.4 Å². The number of hydrogen-bond acceptors (Lipinski definition) is 2. The maximum absolute atomic E-state index is 14.3. The largest absolute Gasteiger partial charge is 0.361 e. The van der Waals surface area contributed by atoms with E-state index in [1.807, 2.05) is 0 Å². The summed E-state index contributed by atoms with van der Waals surface area (Å²) in [6.45, 7) is 0. The average molecular weight is 538 g/mol. The molecule has 0 aliphatic rings. The molecule has 2 N–H and O–H groups in total. The number of carbonyl (C=O) groups excluding carboxylic acids is 1. The molecule has 5 aromatic rings. The molecule has 4 nitrogen and oxygen atoms in total. The molecule has 0 aliphatic heterocycles. The Kier molecular flexibility index (Phi) is 7.15. The van der Waals surface area contributed by atoms with Crippen LogP contribution in [0.25, 0.3) is 22.0 Å². The number of hydrogen-bond donors (Lipinski definition) is 2. The van der Waals surface area contributed by atoms with Gasteiger partial charge in [0.1, 0.15) is 23.3 Å². The van der Waals surface area contributed by atoms with Gasteiger partial charge in [0.15, 0.2) is 0 Å². The zero-order valence-electron chi connectivity index (χ0n) is 19.7. The molecule has 0 aliphatic carbocycles. The zero-order valence-corrected chi connectivity index (χ0v) is 20.5. The molecule has 3 aromatic carbocycles. The summed E-state index contributed by atoms with van der Waals surface area (Å²) < 4.78 is 56.0. The van der Waals surface area contributed by atoms with Gasteiger partial charge in [-0.15, -0.1) is 0 Å². The van der Waals surface area contributed by atoms with Crippen molar-refractivity contribution in [2.24, 2.45) is 0 Å². The Labute approximate surface area is 220 Å². The van der Waals surface area contributed by atoms with Crippen LogP contribution in [0.5, 0.6) is 0 Å². The third-order valence-corrected chi connectivity index (χ3v) is 6.48. The summed E-state index contributed by atoms with van der Waals surface area (Å²) >= 11 is 5.85. The fourth-order valence-electron chi connectivity index (χ4n) is 4.50. The number of carbonyl (C=O) groups is 1. The van der Waals surface area contributed by atoms with Crippen LogP contribution in [-0.4, -0.2) is 15.9 Å². The van der Waals surface area contributed by atoms with Gasteiger partial charge in [-0.05, 0) is 71.6 Å². The van der Waals surface area contributed by atoms with Gasteiger partial charge in [-0.25, -0.2) is 17.6 Å². The standard InChI is InChI=1S/C29H20ClF4N3O/c30-24-5-3-17(11-25(24)34)22-2-1-7-35-29(22)27(10-16-8-20(32)13-21(33)9-16)37-28(38)12-18-15-36-26-6-4-19(31)14-23(18)26/h1-9,11,13-15,27,36H,10,12H2,(H,37,38). The highest BCUT2D eigenvalue weighted by atomic mass is 35.5. The summed E-state index contributed by atoms with van der Waals surface area (Å²) in [6, 6.07) is 14.2. The number of nitrogens with zero attached hydrogens (tertiary/aromatic N) is 1. The molecule has 2 heterocycles. The predicted molar refractivity (Wildman–Crippen MR) is 138 cm³/mol. The van der Waals surface area contributed by atoms with Crippen molar-refractivity contribution < 1.29 is 22.4 Å². The van der Waals surface area contributed by atoms with Gasteiger partial charge in [-0.2, -0.15) is 0 Å². The summed E-state index contributed by atoms with van der Waals surface area (Å²) in [5.74, 6) is -2.99. The first-order valence-electron chi connectivity index (χ1n) is 11.7. The molecule has 2 aromatic heterocycles. The van der Waals surface area contributed by atoms with Crippen LogP contribution in [0, 0.1) is 23.3 Å². The third kappa shape index (κ3) is 5.55. The van der Waals surface area contributed by atoms with Gasteiger partial charge in [-0.1, -0.05) is 23.7 Å². The smallest absolute Gasteiger partial charge is 0.225 e. The Bertz CT molecular complexity index is 1630. The molecular weight excluding hydrogens is 518 g/mol. The van der Waals surface area contributed by atoms with Crippen molar-refractivity contribution in [3.8, 4) is 11.1 Å². The highest BCUT2D eigenvalue weighted by Crippen LogP contribution is 2.31. The number of H-pyrrole nitrogens is 1. The summed E-state index contributed by atoms with van der Waals surface area (Å²) in [7, 11) is 0.